The topological polar surface area (TPSA) is 35.9 Å². The Morgan fingerprint density at radius 2 is 1.34 bits per heavy atom. The molecule has 0 aliphatic rings. The zero-order chi connectivity index (χ0) is 35.4. The Kier molecular flexibility index (Phi) is 8.26. The molecule has 0 radical (unpaired) electrons. The normalized spacial score (nSPS) is 12.1. The van der Waals surface area contributed by atoms with Crippen molar-refractivity contribution in [2.45, 2.75) is 73.1 Å². The average Bonchev–Trinajstić information content (AvgIpc) is 3.70. The molecule has 0 bridgehead atoms. The van der Waals surface area contributed by atoms with E-state index in [2.05, 4.69) is 162 Å². The van der Waals surface area contributed by atoms with Gasteiger partial charge in [-0.25, -0.2) is 4.68 Å². The number of ether oxygens (including phenoxy) is 1. The number of rotatable bonds is 6. The molecule has 7 aromatic rings. The highest BCUT2D eigenvalue weighted by Gasteiger charge is 2.31. The minimum absolute atomic E-state index is 0.129. The SMILES string of the molecule is Cc1cc(C)c(-[n+]2cn(-c3cc(Oc4cccc(-n5cc(-c6ccccc6)cn5)c4)c(C(C)(C)C)cc3C(C)(C)C)c3ccccc32)c(C)c1. The minimum Gasteiger partial charge on any atom is -0.457 e. The zero-order valence-electron chi connectivity index (χ0n) is 30.7. The Labute approximate surface area is 296 Å². The van der Waals surface area contributed by atoms with Crippen LogP contribution in [-0.4, -0.2) is 14.3 Å². The van der Waals surface area contributed by atoms with Gasteiger partial charge in [0.05, 0.1) is 11.9 Å². The van der Waals surface area contributed by atoms with Crippen LogP contribution in [0.5, 0.6) is 11.5 Å². The lowest BCUT2D eigenvalue weighted by atomic mass is 9.79. The van der Waals surface area contributed by atoms with Crippen LogP contribution in [0.3, 0.4) is 0 Å². The maximum absolute atomic E-state index is 6.91. The van der Waals surface area contributed by atoms with Crippen molar-refractivity contribution in [1.82, 2.24) is 14.3 Å². The van der Waals surface area contributed by atoms with Gasteiger partial charge in [0.1, 0.15) is 22.9 Å². The van der Waals surface area contributed by atoms with E-state index in [1.54, 1.807) is 0 Å². The van der Waals surface area contributed by atoms with E-state index in [4.69, 9.17) is 4.74 Å². The molecule has 0 atom stereocenters. The molecule has 5 nitrogen and oxygen atoms in total. The van der Waals surface area contributed by atoms with Crippen molar-refractivity contribution < 1.29 is 9.30 Å². The molecule has 0 amide bonds. The summed E-state index contributed by atoms with van der Waals surface area (Å²) in [6.07, 6.45) is 6.23. The fraction of sp³-hybridized carbons (Fsp3) is 0.244. The molecule has 0 saturated heterocycles. The van der Waals surface area contributed by atoms with E-state index in [0.29, 0.717) is 0 Å². The van der Waals surface area contributed by atoms with Crippen LogP contribution in [0.4, 0.5) is 0 Å². The fourth-order valence-corrected chi connectivity index (χ4v) is 7.13. The van der Waals surface area contributed by atoms with Gasteiger partial charge in [-0.15, -0.1) is 0 Å². The summed E-state index contributed by atoms with van der Waals surface area (Å²) in [6.45, 7) is 20.2. The van der Waals surface area contributed by atoms with E-state index in [-0.39, 0.29) is 10.8 Å². The predicted octanol–water partition coefficient (Wildman–Crippen LogP) is 11.1. The van der Waals surface area contributed by atoms with Crippen LogP contribution in [0.1, 0.15) is 69.4 Å². The molecule has 2 heterocycles. The Balaban J connectivity index is 1.38. The van der Waals surface area contributed by atoms with Crippen molar-refractivity contribution in [3.63, 3.8) is 0 Å². The minimum atomic E-state index is -0.160. The molecule has 0 aliphatic heterocycles. The third-order valence-corrected chi connectivity index (χ3v) is 9.48. The molecule has 0 aliphatic carbocycles. The summed E-state index contributed by atoms with van der Waals surface area (Å²) in [6, 6.07) is 36.4. The van der Waals surface area contributed by atoms with Crippen molar-refractivity contribution in [2.75, 3.05) is 0 Å². The number of fused-ring (bicyclic) bond motifs is 1. The number of nitrogens with zero attached hydrogens (tertiary/aromatic N) is 4. The molecule has 0 fully saturated rings. The number of benzene rings is 5. The first-order chi connectivity index (χ1) is 23.8. The summed E-state index contributed by atoms with van der Waals surface area (Å²) in [5.74, 6) is 1.60. The van der Waals surface area contributed by atoms with Crippen LogP contribution < -0.4 is 9.30 Å². The number of para-hydroxylation sites is 2. The molecule has 2 aromatic heterocycles. The van der Waals surface area contributed by atoms with Gasteiger partial charge in [-0.3, -0.25) is 0 Å². The summed E-state index contributed by atoms with van der Waals surface area (Å²) in [4.78, 5) is 0. The fourth-order valence-electron chi connectivity index (χ4n) is 7.13. The number of hydrogen-bond donors (Lipinski definition) is 0. The van der Waals surface area contributed by atoms with E-state index in [0.717, 1.165) is 50.6 Å². The van der Waals surface area contributed by atoms with Gasteiger partial charge < -0.3 is 4.74 Å². The van der Waals surface area contributed by atoms with E-state index in [1.165, 1.54) is 27.9 Å². The van der Waals surface area contributed by atoms with Crippen LogP contribution in [-0.2, 0) is 10.8 Å². The second-order valence-corrected chi connectivity index (χ2v) is 15.6. The van der Waals surface area contributed by atoms with E-state index in [9.17, 15) is 0 Å². The molecular weight excluding hydrogens is 613 g/mol. The Morgan fingerprint density at radius 1 is 0.660 bits per heavy atom. The van der Waals surface area contributed by atoms with Gasteiger partial charge in [0.15, 0.2) is 11.0 Å². The van der Waals surface area contributed by atoms with Crippen molar-refractivity contribution in [1.29, 1.82) is 0 Å². The largest absolute Gasteiger partial charge is 0.457 e. The summed E-state index contributed by atoms with van der Waals surface area (Å²) < 4.78 is 13.5. The maximum Gasteiger partial charge on any atom is 0.255 e. The lowest BCUT2D eigenvalue weighted by Gasteiger charge is -2.28. The summed E-state index contributed by atoms with van der Waals surface area (Å²) >= 11 is 0. The lowest BCUT2D eigenvalue weighted by Crippen LogP contribution is -2.31. The Hall–Kier alpha value is -5.42. The van der Waals surface area contributed by atoms with Crippen LogP contribution in [0, 0.1) is 20.8 Å². The number of aryl methyl sites for hydroxylation is 3. The summed E-state index contributed by atoms with van der Waals surface area (Å²) in [5, 5.41) is 4.69. The third-order valence-electron chi connectivity index (χ3n) is 9.48. The highest BCUT2D eigenvalue weighted by molar-refractivity contribution is 5.76. The monoisotopic (exact) mass is 659 g/mol. The molecule has 50 heavy (non-hydrogen) atoms. The summed E-state index contributed by atoms with van der Waals surface area (Å²) in [5.41, 5.74) is 13.7. The van der Waals surface area contributed by atoms with E-state index < -0.39 is 0 Å². The molecule has 0 saturated carbocycles. The van der Waals surface area contributed by atoms with Crippen LogP contribution in [0.25, 0.3) is 39.2 Å². The van der Waals surface area contributed by atoms with Gasteiger partial charge in [0.25, 0.3) is 6.33 Å². The van der Waals surface area contributed by atoms with Crippen molar-refractivity contribution in [3.05, 3.63) is 150 Å². The van der Waals surface area contributed by atoms with Crippen LogP contribution in [0.15, 0.2) is 122 Å². The maximum atomic E-state index is 6.91. The second-order valence-electron chi connectivity index (χ2n) is 15.6. The highest BCUT2D eigenvalue weighted by Crippen LogP contribution is 2.42. The third kappa shape index (κ3) is 6.24. The number of imidazole rings is 1. The number of aromatic nitrogens is 4. The zero-order valence-corrected chi connectivity index (χ0v) is 30.7. The summed E-state index contributed by atoms with van der Waals surface area (Å²) in [7, 11) is 0. The molecule has 252 valence electrons. The van der Waals surface area contributed by atoms with Gasteiger partial charge in [0, 0.05) is 35.0 Å². The van der Waals surface area contributed by atoms with Crippen molar-refractivity contribution >= 4 is 11.0 Å². The molecule has 0 N–H and O–H groups in total. The van der Waals surface area contributed by atoms with Crippen LogP contribution >= 0.6 is 0 Å². The molecule has 5 aromatic carbocycles. The second kappa shape index (κ2) is 12.5. The quantitative estimate of drug-likeness (QED) is 0.167. The van der Waals surface area contributed by atoms with Crippen molar-refractivity contribution in [3.8, 4) is 39.7 Å². The van der Waals surface area contributed by atoms with Crippen molar-refractivity contribution in [2.24, 2.45) is 0 Å². The van der Waals surface area contributed by atoms with Gasteiger partial charge in [-0.1, -0.05) is 108 Å². The molecule has 5 heteroatoms. The first-order valence-electron chi connectivity index (χ1n) is 17.5. The van der Waals surface area contributed by atoms with Gasteiger partial charge in [0.2, 0.25) is 0 Å². The standard InChI is InChI=1S/C45H47N4O/c1-30-22-31(2)43(32(3)23-30)48-29-47(39-20-13-14-21-40(39)48)41-26-42(38(45(7,8)9)25-37(41)44(4,5)6)50-36-19-15-18-35(24-36)49-28-34(27-46-49)33-16-11-10-12-17-33/h10-29H,1-9H3/q+1. The highest BCUT2D eigenvalue weighted by atomic mass is 16.5. The van der Waals surface area contributed by atoms with Gasteiger partial charge in [-0.2, -0.15) is 14.2 Å². The Bertz CT molecular complexity index is 2320. The molecule has 7 rings (SSSR count). The smallest absolute Gasteiger partial charge is 0.255 e. The molecule has 0 spiro atoms. The molecular formula is C45H47N4O+. The first-order valence-corrected chi connectivity index (χ1v) is 17.5. The van der Waals surface area contributed by atoms with E-state index in [1.807, 2.05) is 41.2 Å². The molecule has 0 unspecified atom stereocenters. The average molecular weight is 660 g/mol. The van der Waals surface area contributed by atoms with E-state index >= 15 is 0 Å². The van der Waals surface area contributed by atoms with Gasteiger partial charge >= 0.3 is 0 Å². The predicted molar refractivity (Wildman–Crippen MR) is 205 cm³/mol. The van der Waals surface area contributed by atoms with Crippen LogP contribution in [0.2, 0.25) is 0 Å². The Morgan fingerprint density at radius 3 is 2.04 bits per heavy atom. The lowest BCUT2D eigenvalue weighted by molar-refractivity contribution is -0.568. The van der Waals surface area contributed by atoms with Gasteiger partial charge in [-0.05, 0) is 78.6 Å². The number of hydrogen-bond acceptors (Lipinski definition) is 2. The first kappa shape index (κ1) is 33.1.